The van der Waals surface area contributed by atoms with Crippen LogP contribution in [0.25, 0.3) is 0 Å². The normalized spacial score (nSPS) is 10.9. The largest absolute Gasteiger partial charge is 0.495 e. The van der Waals surface area contributed by atoms with Gasteiger partial charge in [0.1, 0.15) is 10.6 Å². The average molecular weight is 439 g/mol. The van der Waals surface area contributed by atoms with Gasteiger partial charge in [0.05, 0.1) is 12.0 Å². The van der Waals surface area contributed by atoms with Crippen LogP contribution in [0.15, 0.2) is 76.8 Å². The van der Waals surface area contributed by atoms with E-state index in [1.807, 2.05) is 6.07 Å². The number of pyridine rings is 1. The van der Waals surface area contributed by atoms with Gasteiger partial charge < -0.3 is 15.4 Å². The summed E-state index contributed by atoms with van der Waals surface area (Å²) in [5, 5.41) is 5.34. The van der Waals surface area contributed by atoms with Crippen molar-refractivity contribution in [3.63, 3.8) is 0 Å². The van der Waals surface area contributed by atoms with Crippen LogP contribution in [0.5, 0.6) is 5.75 Å². The molecule has 9 heteroatoms. The molecule has 2 aromatic carbocycles. The van der Waals surface area contributed by atoms with E-state index >= 15 is 0 Å². The zero-order valence-corrected chi connectivity index (χ0v) is 17.8. The molecule has 1 aromatic heterocycles. The molecule has 0 saturated carbocycles. The molecule has 0 unspecified atom stereocenters. The summed E-state index contributed by atoms with van der Waals surface area (Å²) in [4.78, 5) is 27.6. The molecule has 2 amide bonds. The third kappa shape index (κ3) is 5.26. The minimum Gasteiger partial charge on any atom is -0.495 e. The number of Topliss-reactive ketones (excluding diaryl/α,β-unsaturated/α-hetero) is 1. The van der Waals surface area contributed by atoms with Crippen molar-refractivity contribution in [2.45, 2.75) is 23.3 Å². The molecule has 0 aliphatic heterocycles. The number of urea groups is 1. The molecule has 0 spiro atoms. The van der Waals surface area contributed by atoms with Crippen molar-refractivity contribution in [3.05, 3.63) is 78.1 Å². The van der Waals surface area contributed by atoms with Gasteiger partial charge >= 0.3 is 6.03 Å². The Kier molecular flexibility index (Phi) is 6.66. The number of nitrogens with zero attached hydrogens (tertiary/aromatic N) is 1. The third-order valence-electron chi connectivity index (χ3n) is 4.46. The highest BCUT2D eigenvalue weighted by atomic mass is 32.2. The van der Waals surface area contributed by atoms with Crippen LogP contribution < -0.4 is 15.4 Å². The number of ketones is 1. The summed E-state index contributed by atoms with van der Waals surface area (Å²) in [5.41, 5.74) is 1.54. The van der Waals surface area contributed by atoms with E-state index in [0.717, 1.165) is 5.56 Å². The molecule has 0 atom stereocenters. The van der Waals surface area contributed by atoms with Crippen LogP contribution in [0.1, 0.15) is 22.8 Å². The molecule has 0 fully saturated rings. The van der Waals surface area contributed by atoms with Gasteiger partial charge in [0, 0.05) is 30.2 Å². The van der Waals surface area contributed by atoms with E-state index < -0.39 is 15.9 Å². The van der Waals surface area contributed by atoms with Crippen molar-refractivity contribution in [2.24, 2.45) is 0 Å². The Morgan fingerprint density at radius 1 is 1.06 bits per heavy atom. The number of carbonyl (C=O) groups is 2. The first-order valence-corrected chi connectivity index (χ1v) is 10.8. The molecular weight excluding hydrogens is 418 g/mol. The molecule has 8 nitrogen and oxygen atoms in total. The first-order chi connectivity index (χ1) is 14.8. The van der Waals surface area contributed by atoms with Gasteiger partial charge in [-0.3, -0.25) is 9.78 Å². The van der Waals surface area contributed by atoms with Gasteiger partial charge in [-0.2, -0.15) is 0 Å². The van der Waals surface area contributed by atoms with Crippen molar-refractivity contribution in [3.8, 4) is 5.75 Å². The van der Waals surface area contributed by atoms with Gasteiger partial charge in [0.25, 0.3) is 0 Å². The molecule has 2 N–H and O–H groups in total. The standard InChI is InChI=1S/C22H21N3O5S/c1-15(26)17-5-10-20(30-2)21(12-17)31(28,29)19-8-6-18(7-9-19)25-22(27)24-14-16-4-3-11-23-13-16/h3-13H,14H2,1-2H3,(H2,24,25,27). The average Bonchev–Trinajstić information content (AvgIpc) is 2.78. The lowest BCUT2D eigenvalue weighted by molar-refractivity contribution is 0.101. The number of rotatable bonds is 7. The predicted molar refractivity (Wildman–Crippen MR) is 115 cm³/mol. The number of hydrogen-bond acceptors (Lipinski definition) is 6. The molecule has 160 valence electrons. The number of methoxy groups -OCH3 is 1. The first kappa shape index (κ1) is 22.0. The molecule has 31 heavy (non-hydrogen) atoms. The molecule has 1 heterocycles. The van der Waals surface area contributed by atoms with E-state index in [-0.39, 0.29) is 26.9 Å². The first-order valence-electron chi connectivity index (χ1n) is 9.29. The maximum absolute atomic E-state index is 13.1. The van der Waals surface area contributed by atoms with Crippen molar-refractivity contribution >= 4 is 27.3 Å². The molecule has 0 bridgehead atoms. The summed E-state index contributed by atoms with van der Waals surface area (Å²) in [6.45, 7) is 1.66. The number of sulfone groups is 1. The van der Waals surface area contributed by atoms with Crippen LogP contribution in [0, 0.1) is 0 Å². The zero-order valence-electron chi connectivity index (χ0n) is 17.0. The second kappa shape index (κ2) is 9.40. The Labute approximate surface area is 180 Å². The summed E-state index contributed by atoms with van der Waals surface area (Å²) in [6, 6.07) is 13.2. The Morgan fingerprint density at radius 2 is 1.81 bits per heavy atom. The van der Waals surface area contributed by atoms with Crippen LogP contribution in [0.3, 0.4) is 0 Å². The lowest BCUT2D eigenvalue weighted by atomic mass is 10.1. The van der Waals surface area contributed by atoms with Crippen molar-refractivity contribution < 1.29 is 22.7 Å². The fraction of sp³-hybridized carbons (Fsp3) is 0.136. The maximum Gasteiger partial charge on any atom is 0.319 e. The second-order valence-corrected chi connectivity index (χ2v) is 8.54. The Hall–Kier alpha value is -3.72. The van der Waals surface area contributed by atoms with E-state index in [2.05, 4.69) is 15.6 Å². The van der Waals surface area contributed by atoms with Crippen molar-refractivity contribution in [1.29, 1.82) is 0 Å². The quantitative estimate of drug-likeness (QED) is 0.545. The SMILES string of the molecule is COc1ccc(C(C)=O)cc1S(=O)(=O)c1ccc(NC(=O)NCc2cccnc2)cc1. The van der Waals surface area contributed by atoms with E-state index in [4.69, 9.17) is 4.74 Å². The topological polar surface area (TPSA) is 114 Å². The van der Waals surface area contributed by atoms with Crippen molar-refractivity contribution in [2.75, 3.05) is 12.4 Å². The number of benzene rings is 2. The highest BCUT2D eigenvalue weighted by Crippen LogP contribution is 2.31. The number of ether oxygens (including phenoxy) is 1. The number of aromatic nitrogens is 1. The fourth-order valence-electron chi connectivity index (χ4n) is 2.81. The second-order valence-electron chi connectivity index (χ2n) is 6.62. The van der Waals surface area contributed by atoms with Gasteiger partial charge in [-0.15, -0.1) is 0 Å². The Morgan fingerprint density at radius 3 is 2.42 bits per heavy atom. The number of carbonyl (C=O) groups excluding carboxylic acids is 2. The predicted octanol–water partition coefficient (Wildman–Crippen LogP) is 3.45. The highest BCUT2D eigenvalue weighted by Gasteiger charge is 2.23. The summed E-state index contributed by atoms with van der Waals surface area (Å²) in [5.74, 6) is -0.113. The van der Waals surface area contributed by atoms with Crippen LogP contribution in [-0.4, -0.2) is 32.3 Å². The number of anilines is 1. The number of nitrogens with one attached hydrogen (secondary N) is 2. The zero-order chi connectivity index (χ0) is 22.4. The van der Waals surface area contributed by atoms with Crippen LogP contribution in [0.2, 0.25) is 0 Å². The fourth-order valence-corrected chi connectivity index (χ4v) is 4.26. The van der Waals surface area contributed by atoms with Gasteiger partial charge in [0.15, 0.2) is 5.78 Å². The highest BCUT2D eigenvalue weighted by molar-refractivity contribution is 7.91. The molecular formula is C22H21N3O5S. The van der Waals surface area contributed by atoms with E-state index in [1.54, 1.807) is 18.5 Å². The summed E-state index contributed by atoms with van der Waals surface area (Å²) >= 11 is 0. The molecule has 0 radical (unpaired) electrons. The molecule has 0 aliphatic rings. The van der Waals surface area contributed by atoms with Crippen LogP contribution in [0.4, 0.5) is 10.5 Å². The van der Waals surface area contributed by atoms with Crippen LogP contribution >= 0.6 is 0 Å². The molecule has 3 aromatic rings. The van der Waals surface area contributed by atoms with E-state index in [1.165, 1.54) is 56.5 Å². The monoisotopic (exact) mass is 439 g/mol. The van der Waals surface area contributed by atoms with E-state index in [0.29, 0.717) is 12.2 Å². The minimum absolute atomic E-state index is 0.00724. The summed E-state index contributed by atoms with van der Waals surface area (Å²) < 4.78 is 31.3. The Bertz CT molecular complexity index is 1190. The van der Waals surface area contributed by atoms with Gasteiger partial charge in [0.2, 0.25) is 9.84 Å². The smallest absolute Gasteiger partial charge is 0.319 e. The van der Waals surface area contributed by atoms with E-state index in [9.17, 15) is 18.0 Å². The van der Waals surface area contributed by atoms with Gasteiger partial charge in [-0.05, 0) is 61.0 Å². The number of hydrogen-bond donors (Lipinski definition) is 2. The Balaban J connectivity index is 1.75. The molecule has 0 saturated heterocycles. The third-order valence-corrected chi connectivity index (χ3v) is 6.25. The maximum atomic E-state index is 13.1. The van der Waals surface area contributed by atoms with Crippen molar-refractivity contribution in [1.82, 2.24) is 10.3 Å². The lowest BCUT2D eigenvalue weighted by Crippen LogP contribution is -2.28. The lowest BCUT2D eigenvalue weighted by Gasteiger charge is -2.12. The minimum atomic E-state index is -3.94. The summed E-state index contributed by atoms with van der Waals surface area (Å²) in [6.07, 6.45) is 3.29. The summed E-state index contributed by atoms with van der Waals surface area (Å²) in [7, 11) is -2.58. The van der Waals surface area contributed by atoms with Crippen LogP contribution in [-0.2, 0) is 16.4 Å². The number of amides is 2. The molecule has 3 rings (SSSR count). The molecule has 0 aliphatic carbocycles. The van der Waals surface area contributed by atoms with Gasteiger partial charge in [-0.25, -0.2) is 13.2 Å². The van der Waals surface area contributed by atoms with Gasteiger partial charge in [-0.1, -0.05) is 6.07 Å².